The molecule has 0 aliphatic carbocycles. The zero-order valence-corrected chi connectivity index (χ0v) is 12.7. The number of nitrogens with one attached hydrogen (secondary N) is 1. The molecule has 1 aliphatic rings. The highest BCUT2D eigenvalue weighted by atomic mass is 16.5. The van der Waals surface area contributed by atoms with E-state index in [1.165, 1.54) is 25.9 Å². The molecular formula is C14H30N4O. The number of hydrogen-bond acceptors (Lipinski definition) is 3. The summed E-state index contributed by atoms with van der Waals surface area (Å²) < 4.78 is 5.04. The van der Waals surface area contributed by atoms with Crippen LogP contribution in [0.25, 0.3) is 0 Å². The lowest BCUT2D eigenvalue weighted by Crippen LogP contribution is -2.40. The Labute approximate surface area is 117 Å². The molecule has 1 heterocycles. The van der Waals surface area contributed by atoms with E-state index in [0.717, 1.165) is 25.4 Å². The molecule has 1 fully saturated rings. The van der Waals surface area contributed by atoms with Gasteiger partial charge in [-0.25, -0.2) is 0 Å². The standard InChI is InChI=1S/C14H30N4O/c1-12-5-9-18(10-6-12)8-4-7-16-14(15)17-13(2)11-19-3/h12-13H,4-11H2,1-3H3,(H3,15,16,17). The monoisotopic (exact) mass is 270 g/mol. The highest BCUT2D eigenvalue weighted by Gasteiger charge is 2.14. The number of guanidine groups is 1. The van der Waals surface area contributed by atoms with E-state index in [0.29, 0.717) is 12.6 Å². The number of aliphatic imine (C=N–C) groups is 1. The van der Waals surface area contributed by atoms with Crippen molar-refractivity contribution < 1.29 is 4.74 Å². The SMILES string of the molecule is COCC(C)NC(N)=NCCCN1CCC(C)CC1. The Morgan fingerprint density at radius 3 is 2.79 bits per heavy atom. The van der Waals surface area contributed by atoms with Crippen LogP contribution in [0.4, 0.5) is 0 Å². The minimum absolute atomic E-state index is 0.206. The van der Waals surface area contributed by atoms with Gasteiger partial charge in [-0.05, 0) is 51.7 Å². The molecular weight excluding hydrogens is 240 g/mol. The maximum absolute atomic E-state index is 5.81. The second-order valence-electron chi connectivity index (χ2n) is 5.65. The van der Waals surface area contributed by atoms with Crippen LogP contribution < -0.4 is 11.1 Å². The van der Waals surface area contributed by atoms with E-state index in [-0.39, 0.29) is 6.04 Å². The number of piperidine rings is 1. The van der Waals surface area contributed by atoms with Gasteiger partial charge in [0.05, 0.1) is 6.61 Å². The first-order valence-corrected chi connectivity index (χ1v) is 7.39. The summed E-state index contributed by atoms with van der Waals surface area (Å²) in [6, 6.07) is 0.206. The molecule has 0 bridgehead atoms. The maximum Gasteiger partial charge on any atom is 0.188 e. The summed E-state index contributed by atoms with van der Waals surface area (Å²) in [6.07, 6.45) is 3.75. The molecule has 0 saturated carbocycles. The fourth-order valence-corrected chi connectivity index (χ4v) is 2.37. The van der Waals surface area contributed by atoms with Crippen LogP contribution >= 0.6 is 0 Å². The van der Waals surface area contributed by atoms with E-state index >= 15 is 0 Å². The van der Waals surface area contributed by atoms with Crippen LogP contribution in [0.1, 0.15) is 33.1 Å². The molecule has 3 N–H and O–H groups in total. The van der Waals surface area contributed by atoms with Gasteiger partial charge < -0.3 is 20.7 Å². The fraction of sp³-hybridized carbons (Fsp3) is 0.929. The molecule has 1 unspecified atom stereocenters. The normalized spacial score (nSPS) is 20.5. The van der Waals surface area contributed by atoms with E-state index in [2.05, 4.69) is 22.1 Å². The van der Waals surface area contributed by atoms with Gasteiger partial charge in [-0.3, -0.25) is 4.99 Å². The summed E-state index contributed by atoms with van der Waals surface area (Å²) in [5.41, 5.74) is 5.81. The van der Waals surface area contributed by atoms with Gasteiger partial charge in [0.2, 0.25) is 0 Å². The first-order valence-electron chi connectivity index (χ1n) is 7.39. The number of hydrogen-bond donors (Lipinski definition) is 2. The number of nitrogens with two attached hydrogens (primary N) is 1. The number of ether oxygens (including phenoxy) is 1. The lowest BCUT2D eigenvalue weighted by molar-refractivity contribution is 0.179. The molecule has 5 heteroatoms. The minimum atomic E-state index is 0.206. The Morgan fingerprint density at radius 2 is 2.16 bits per heavy atom. The predicted molar refractivity (Wildman–Crippen MR) is 80.4 cm³/mol. The highest BCUT2D eigenvalue weighted by molar-refractivity contribution is 5.78. The largest absolute Gasteiger partial charge is 0.383 e. The summed E-state index contributed by atoms with van der Waals surface area (Å²) >= 11 is 0. The van der Waals surface area contributed by atoms with E-state index in [9.17, 15) is 0 Å². The topological polar surface area (TPSA) is 62.9 Å². The summed E-state index contributed by atoms with van der Waals surface area (Å²) in [4.78, 5) is 6.88. The third kappa shape index (κ3) is 7.38. The Kier molecular flexibility index (Phi) is 7.82. The minimum Gasteiger partial charge on any atom is -0.383 e. The predicted octanol–water partition coefficient (Wildman–Crippen LogP) is 1.05. The Bertz CT molecular complexity index is 262. The van der Waals surface area contributed by atoms with Crippen LogP contribution in [-0.4, -0.2) is 56.8 Å². The Hall–Kier alpha value is -0.810. The van der Waals surface area contributed by atoms with Gasteiger partial charge in [-0.1, -0.05) is 6.92 Å². The van der Waals surface area contributed by atoms with E-state index in [4.69, 9.17) is 10.5 Å². The zero-order chi connectivity index (χ0) is 14.1. The van der Waals surface area contributed by atoms with Gasteiger partial charge in [0.15, 0.2) is 5.96 Å². The molecule has 1 rings (SSSR count). The van der Waals surface area contributed by atoms with Crippen molar-refractivity contribution in [2.45, 2.75) is 39.2 Å². The lowest BCUT2D eigenvalue weighted by atomic mass is 9.99. The molecule has 112 valence electrons. The number of methoxy groups -OCH3 is 1. The molecule has 0 aromatic rings. The van der Waals surface area contributed by atoms with Gasteiger partial charge in [-0.2, -0.15) is 0 Å². The van der Waals surface area contributed by atoms with Gasteiger partial charge in [0.1, 0.15) is 0 Å². The molecule has 1 saturated heterocycles. The van der Waals surface area contributed by atoms with E-state index < -0.39 is 0 Å². The van der Waals surface area contributed by atoms with Crippen molar-refractivity contribution in [1.82, 2.24) is 10.2 Å². The van der Waals surface area contributed by atoms with Crippen molar-refractivity contribution in [3.05, 3.63) is 0 Å². The average molecular weight is 270 g/mol. The number of likely N-dealkylation sites (tertiary alicyclic amines) is 1. The third-order valence-electron chi connectivity index (χ3n) is 3.60. The van der Waals surface area contributed by atoms with Crippen molar-refractivity contribution in [3.8, 4) is 0 Å². The smallest absolute Gasteiger partial charge is 0.188 e. The van der Waals surface area contributed by atoms with E-state index in [1.54, 1.807) is 7.11 Å². The number of nitrogens with zero attached hydrogens (tertiary/aromatic N) is 2. The number of rotatable bonds is 7. The van der Waals surface area contributed by atoms with Gasteiger partial charge in [-0.15, -0.1) is 0 Å². The van der Waals surface area contributed by atoms with Crippen molar-refractivity contribution in [1.29, 1.82) is 0 Å². The van der Waals surface area contributed by atoms with Crippen molar-refractivity contribution in [2.75, 3.05) is 39.9 Å². The average Bonchev–Trinajstić information content (AvgIpc) is 2.37. The van der Waals surface area contributed by atoms with E-state index in [1.807, 2.05) is 6.92 Å². The van der Waals surface area contributed by atoms with Crippen LogP contribution in [0.5, 0.6) is 0 Å². The summed E-state index contributed by atoms with van der Waals surface area (Å²) in [5, 5.41) is 3.11. The Morgan fingerprint density at radius 1 is 1.47 bits per heavy atom. The highest BCUT2D eigenvalue weighted by Crippen LogP contribution is 2.15. The molecule has 0 aromatic carbocycles. The molecule has 5 nitrogen and oxygen atoms in total. The van der Waals surface area contributed by atoms with Crippen LogP contribution in [0.15, 0.2) is 4.99 Å². The summed E-state index contributed by atoms with van der Waals surface area (Å²) in [6.45, 7) is 9.42. The first kappa shape index (κ1) is 16.2. The molecule has 0 amide bonds. The quantitative estimate of drug-likeness (QED) is 0.412. The summed E-state index contributed by atoms with van der Waals surface area (Å²) in [5.74, 6) is 1.42. The fourth-order valence-electron chi connectivity index (χ4n) is 2.37. The van der Waals surface area contributed by atoms with Crippen LogP contribution in [-0.2, 0) is 4.74 Å². The second-order valence-corrected chi connectivity index (χ2v) is 5.65. The van der Waals surface area contributed by atoms with Crippen LogP contribution in [0.3, 0.4) is 0 Å². The molecule has 19 heavy (non-hydrogen) atoms. The van der Waals surface area contributed by atoms with Crippen molar-refractivity contribution >= 4 is 5.96 Å². The van der Waals surface area contributed by atoms with Crippen LogP contribution in [0.2, 0.25) is 0 Å². The summed E-state index contributed by atoms with van der Waals surface area (Å²) in [7, 11) is 1.69. The first-order chi connectivity index (χ1) is 9.11. The maximum atomic E-state index is 5.81. The Balaban J connectivity index is 2.08. The van der Waals surface area contributed by atoms with Crippen molar-refractivity contribution in [3.63, 3.8) is 0 Å². The van der Waals surface area contributed by atoms with Crippen molar-refractivity contribution in [2.24, 2.45) is 16.6 Å². The molecule has 1 atom stereocenters. The molecule has 0 radical (unpaired) electrons. The van der Waals surface area contributed by atoms with Crippen LogP contribution in [0, 0.1) is 5.92 Å². The zero-order valence-electron chi connectivity index (χ0n) is 12.7. The second kappa shape index (κ2) is 9.15. The third-order valence-corrected chi connectivity index (χ3v) is 3.60. The molecule has 1 aliphatic heterocycles. The molecule has 0 spiro atoms. The molecule has 0 aromatic heterocycles. The van der Waals surface area contributed by atoms with Gasteiger partial charge in [0, 0.05) is 19.7 Å². The van der Waals surface area contributed by atoms with Gasteiger partial charge in [0.25, 0.3) is 0 Å². The van der Waals surface area contributed by atoms with Gasteiger partial charge >= 0.3 is 0 Å². The lowest BCUT2D eigenvalue weighted by Gasteiger charge is -2.29.